The number of nitrogens with zero attached hydrogens (tertiary/aromatic N) is 3. The van der Waals surface area contributed by atoms with Crippen molar-refractivity contribution in [3.05, 3.63) is 17.0 Å². The number of rotatable bonds is 3. The van der Waals surface area contributed by atoms with Crippen LogP contribution in [0.2, 0.25) is 5.15 Å². The molecule has 0 spiro atoms. The highest BCUT2D eigenvalue weighted by Gasteiger charge is 2.29. The number of aliphatic hydroxyl groups is 1. The smallest absolute Gasteiger partial charge is 0.135 e. The van der Waals surface area contributed by atoms with Gasteiger partial charge in [0.15, 0.2) is 0 Å². The highest BCUT2D eigenvalue weighted by atomic mass is 35.5. The monoisotopic (exact) mass is 269 g/mol. The highest BCUT2D eigenvalue weighted by molar-refractivity contribution is 6.29. The van der Waals surface area contributed by atoms with Gasteiger partial charge in [-0.15, -0.1) is 0 Å². The summed E-state index contributed by atoms with van der Waals surface area (Å²) < 4.78 is 5.37. The van der Waals surface area contributed by atoms with Crippen molar-refractivity contribution >= 4 is 17.4 Å². The van der Waals surface area contributed by atoms with Crippen molar-refractivity contribution in [1.29, 1.82) is 0 Å². The molecule has 1 N–H and O–H groups in total. The fourth-order valence-electron chi connectivity index (χ4n) is 2.20. The van der Waals surface area contributed by atoms with Crippen LogP contribution in [0.3, 0.4) is 0 Å². The van der Waals surface area contributed by atoms with Gasteiger partial charge in [-0.2, -0.15) is 0 Å². The summed E-state index contributed by atoms with van der Waals surface area (Å²) in [7, 11) is 0. The lowest BCUT2D eigenvalue weighted by Crippen LogP contribution is -2.48. The Labute approximate surface area is 111 Å². The van der Waals surface area contributed by atoms with Crippen LogP contribution in [0, 0.1) is 0 Å². The van der Waals surface area contributed by atoms with Crippen molar-refractivity contribution in [2.24, 2.45) is 0 Å². The fourth-order valence-corrected chi connectivity index (χ4v) is 2.39. The van der Waals surface area contributed by atoms with Crippen LogP contribution >= 0.6 is 11.6 Å². The van der Waals surface area contributed by atoms with Gasteiger partial charge in [-0.1, -0.05) is 11.6 Å². The van der Waals surface area contributed by atoms with Crippen LogP contribution < -0.4 is 4.90 Å². The average molecular weight is 270 g/mol. The molecule has 2 aliphatic rings. The molecule has 1 aliphatic carbocycles. The quantitative estimate of drug-likeness (QED) is 0.836. The molecular weight excluding hydrogens is 254 g/mol. The van der Waals surface area contributed by atoms with E-state index in [-0.39, 0.29) is 12.6 Å². The average Bonchev–Trinajstić information content (AvgIpc) is 3.22. The summed E-state index contributed by atoms with van der Waals surface area (Å²) >= 11 is 6.06. The second kappa shape index (κ2) is 4.99. The maximum Gasteiger partial charge on any atom is 0.135 e. The van der Waals surface area contributed by atoms with Gasteiger partial charge < -0.3 is 14.7 Å². The van der Waals surface area contributed by atoms with E-state index >= 15 is 0 Å². The Balaban J connectivity index is 1.89. The number of ether oxygens (including phenoxy) is 1. The van der Waals surface area contributed by atoms with Gasteiger partial charge in [-0.3, -0.25) is 0 Å². The van der Waals surface area contributed by atoms with Crippen LogP contribution in [0.15, 0.2) is 6.07 Å². The van der Waals surface area contributed by atoms with E-state index in [9.17, 15) is 5.11 Å². The SMILES string of the molecule is OCC1COCCN1c1cc(Cl)nc(C2CC2)n1. The van der Waals surface area contributed by atoms with Crippen LogP contribution in [0.1, 0.15) is 24.6 Å². The molecule has 1 aliphatic heterocycles. The first-order valence-corrected chi connectivity index (χ1v) is 6.65. The molecule has 1 saturated carbocycles. The number of aromatic nitrogens is 2. The first kappa shape index (κ1) is 12.1. The molecule has 2 heterocycles. The Bertz CT molecular complexity index is 439. The van der Waals surface area contributed by atoms with Crippen LogP contribution in [0.4, 0.5) is 5.82 Å². The Morgan fingerprint density at radius 3 is 3.00 bits per heavy atom. The lowest BCUT2D eigenvalue weighted by molar-refractivity contribution is 0.0722. The molecule has 5 nitrogen and oxygen atoms in total. The maximum absolute atomic E-state index is 9.38. The third-order valence-corrected chi connectivity index (χ3v) is 3.57. The third kappa shape index (κ3) is 2.43. The van der Waals surface area contributed by atoms with E-state index in [1.165, 1.54) is 0 Å². The molecule has 3 rings (SSSR count). The lowest BCUT2D eigenvalue weighted by atomic mass is 10.2. The molecule has 1 aromatic rings. The molecule has 1 atom stereocenters. The zero-order valence-corrected chi connectivity index (χ0v) is 10.8. The zero-order chi connectivity index (χ0) is 12.5. The van der Waals surface area contributed by atoms with Crippen molar-refractivity contribution in [1.82, 2.24) is 9.97 Å². The first-order valence-electron chi connectivity index (χ1n) is 6.27. The predicted octanol–water partition coefficient (Wildman–Crippen LogP) is 1.20. The van der Waals surface area contributed by atoms with Gasteiger partial charge in [0.2, 0.25) is 0 Å². The van der Waals surface area contributed by atoms with E-state index < -0.39 is 0 Å². The molecule has 0 radical (unpaired) electrons. The molecule has 1 unspecified atom stereocenters. The minimum Gasteiger partial charge on any atom is -0.394 e. The summed E-state index contributed by atoms with van der Waals surface area (Å²) in [4.78, 5) is 10.9. The summed E-state index contributed by atoms with van der Waals surface area (Å²) in [6.45, 7) is 1.96. The number of halogens is 1. The van der Waals surface area contributed by atoms with Crippen molar-refractivity contribution in [3.8, 4) is 0 Å². The molecular formula is C12H16ClN3O2. The summed E-state index contributed by atoms with van der Waals surface area (Å²) in [5.74, 6) is 2.11. The van der Waals surface area contributed by atoms with E-state index in [2.05, 4.69) is 14.9 Å². The largest absolute Gasteiger partial charge is 0.394 e. The van der Waals surface area contributed by atoms with Gasteiger partial charge >= 0.3 is 0 Å². The topological polar surface area (TPSA) is 58.5 Å². The summed E-state index contributed by atoms with van der Waals surface area (Å²) in [6, 6.07) is 1.72. The summed E-state index contributed by atoms with van der Waals surface area (Å²) in [5, 5.41) is 9.86. The number of hydrogen-bond acceptors (Lipinski definition) is 5. The van der Waals surface area contributed by atoms with Gasteiger partial charge in [0, 0.05) is 18.5 Å². The standard InChI is InChI=1S/C12H16ClN3O2/c13-10-5-11(15-12(14-10)8-1-2-8)16-3-4-18-7-9(16)6-17/h5,8-9,17H,1-4,6-7H2. The van der Waals surface area contributed by atoms with Gasteiger partial charge in [0.25, 0.3) is 0 Å². The molecule has 1 saturated heterocycles. The third-order valence-electron chi connectivity index (χ3n) is 3.37. The number of anilines is 1. The van der Waals surface area contributed by atoms with E-state index in [0.717, 1.165) is 31.0 Å². The summed E-state index contributed by atoms with van der Waals surface area (Å²) in [5.41, 5.74) is 0. The van der Waals surface area contributed by atoms with Crippen LogP contribution in [0.25, 0.3) is 0 Å². The normalized spacial score (nSPS) is 24.3. The number of aliphatic hydroxyl groups excluding tert-OH is 1. The highest BCUT2D eigenvalue weighted by Crippen LogP contribution is 2.39. The minimum absolute atomic E-state index is 0.0447. The van der Waals surface area contributed by atoms with E-state index in [0.29, 0.717) is 24.3 Å². The molecule has 0 bridgehead atoms. The van der Waals surface area contributed by atoms with Gasteiger partial charge in [0.1, 0.15) is 16.8 Å². The van der Waals surface area contributed by atoms with E-state index in [1.54, 1.807) is 6.07 Å². The summed E-state index contributed by atoms with van der Waals surface area (Å²) in [6.07, 6.45) is 2.29. The molecule has 0 aromatic carbocycles. The molecule has 1 aromatic heterocycles. The second-order valence-corrected chi connectivity index (χ2v) is 5.17. The van der Waals surface area contributed by atoms with Crippen molar-refractivity contribution in [2.45, 2.75) is 24.8 Å². The van der Waals surface area contributed by atoms with Crippen LogP contribution in [-0.2, 0) is 4.74 Å². The molecule has 0 amide bonds. The lowest BCUT2D eigenvalue weighted by Gasteiger charge is -2.35. The Hall–Kier alpha value is -0.910. The van der Waals surface area contributed by atoms with Crippen molar-refractivity contribution in [2.75, 3.05) is 31.3 Å². The number of morpholine rings is 1. The minimum atomic E-state index is -0.0447. The van der Waals surface area contributed by atoms with Gasteiger partial charge in [0.05, 0.1) is 25.9 Å². The number of hydrogen-bond donors (Lipinski definition) is 1. The molecule has 6 heteroatoms. The molecule has 2 fully saturated rings. The Morgan fingerprint density at radius 1 is 1.44 bits per heavy atom. The van der Waals surface area contributed by atoms with E-state index in [4.69, 9.17) is 16.3 Å². The van der Waals surface area contributed by atoms with Gasteiger partial charge in [-0.25, -0.2) is 9.97 Å². The van der Waals surface area contributed by atoms with E-state index in [1.807, 2.05) is 0 Å². The molecule has 18 heavy (non-hydrogen) atoms. The second-order valence-electron chi connectivity index (χ2n) is 4.79. The fraction of sp³-hybridized carbons (Fsp3) is 0.667. The first-order chi connectivity index (χ1) is 8.78. The van der Waals surface area contributed by atoms with Crippen molar-refractivity contribution in [3.63, 3.8) is 0 Å². The zero-order valence-electron chi connectivity index (χ0n) is 10.0. The van der Waals surface area contributed by atoms with Gasteiger partial charge in [-0.05, 0) is 12.8 Å². The van der Waals surface area contributed by atoms with Crippen LogP contribution in [-0.4, -0.2) is 47.5 Å². The Morgan fingerprint density at radius 2 is 2.28 bits per heavy atom. The molecule has 98 valence electrons. The van der Waals surface area contributed by atoms with Crippen LogP contribution in [0.5, 0.6) is 0 Å². The van der Waals surface area contributed by atoms with Crippen molar-refractivity contribution < 1.29 is 9.84 Å². The predicted molar refractivity (Wildman–Crippen MR) is 68.1 cm³/mol. The maximum atomic E-state index is 9.38. The Kier molecular flexibility index (Phi) is 3.37.